The molecule has 1 rings (SSSR count). The minimum Gasteiger partial charge on any atom is -0.258 e. The Morgan fingerprint density at radius 1 is 1.50 bits per heavy atom. The lowest BCUT2D eigenvalue weighted by Crippen LogP contribution is -1.94. The number of thiol groups is 1. The predicted molar refractivity (Wildman–Crippen MR) is 50.5 cm³/mol. The Hall–Kier alpha value is -1.03. The van der Waals surface area contributed by atoms with Gasteiger partial charge in [0.1, 0.15) is 0 Å². The molecule has 0 saturated heterocycles. The van der Waals surface area contributed by atoms with Gasteiger partial charge in [-0.1, -0.05) is 18.2 Å². The highest BCUT2D eigenvalue weighted by molar-refractivity contribution is 7.80. The zero-order valence-corrected chi connectivity index (χ0v) is 7.49. The summed E-state index contributed by atoms with van der Waals surface area (Å²) < 4.78 is 0. The number of benzene rings is 1. The fourth-order valence-corrected chi connectivity index (χ4v) is 1.23. The van der Waals surface area contributed by atoms with Crippen LogP contribution in [0.5, 0.6) is 0 Å². The van der Waals surface area contributed by atoms with E-state index < -0.39 is 0 Å². The molecule has 0 fully saturated rings. The van der Waals surface area contributed by atoms with E-state index in [2.05, 4.69) is 12.6 Å². The molecular weight excluding hydrogens is 174 g/mol. The molecule has 0 spiro atoms. The van der Waals surface area contributed by atoms with Gasteiger partial charge in [-0.15, -0.1) is 0 Å². The molecule has 0 heterocycles. The van der Waals surface area contributed by atoms with Gasteiger partial charge in [-0.2, -0.15) is 12.6 Å². The molecule has 0 saturated carbocycles. The van der Waals surface area contributed by atoms with E-state index in [0.29, 0.717) is 5.56 Å². The normalized spacial score (nSPS) is 12.5. The van der Waals surface area contributed by atoms with Gasteiger partial charge in [-0.25, -0.2) is 0 Å². The van der Waals surface area contributed by atoms with E-state index in [1.54, 1.807) is 18.2 Å². The molecule has 12 heavy (non-hydrogen) atoms. The van der Waals surface area contributed by atoms with E-state index in [1.807, 2.05) is 6.92 Å². The fraction of sp³-hybridized carbons (Fsp3) is 0.250. The molecule has 0 N–H and O–H groups in total. The van der Waals surface area contributed by atoms with Gasteiger partial charge in [0, 0.05) is 16.9 Å². The average Bonchev–Trinajstić information content (AvgIpc) is 2.04. The molecule has 0 radical (unpaired) electrons. The summed E-state index contributed by atoms with van der Waals surface area (Å²) in [6.45, 7) is 1.81. The molecule has 1 atom stereocenters. The van der Waals surface area contributed by atoms with Gasteiger partial charge in [-0.3, -0.25) is 10.1 Å². The largest absolute Gasteiger partial charge is 0.273 e. The van der Waals surface area contributed by atoms with Crippen molar-refractivity contribution in [2.75, 3.05) is 0 Å². The summed E-state index contributed by atoms with van der Waals surface area (Å²) in [5.74, 6) is 0. The molecule has 64 valence electrons. The van der Waals surface area contributed by atoms with Crippen LogP contribution in [0.4, 0.5) is 5.69 Å². The molecule has 0 aliphatic rings. The number of nitrogens with zero attached hydrogens (tertiary/aromatic N) is 1. The standard InChI is InChI=1S/C8H9NO2S/c1-6(12)7-4-2-3-5-8(7)9(10)11/h2-6,12H,1H3. The molecule has 0 aliphatic carbocycles. The quantitative estimate of drug-likeness (QED) is 0.435. The van der Waals surface area contributed by atoms with Gasteiger partial charge in [-0.05, 0) is 6.92 Å². The maximum absolute atomic E-state index is 10.5. The summed E-state index contributed by atoms with van der Waals surface area (Å²) in [6.07, 6.45) is 0. The van der Waals surface area contributed by atoms with Crippen molar-refractivity contribution in [2.24, 2.45) is 0 Å². The number of para-hydroxylation sites is 1. The van der Waals surface area contributed by atoms with Crippen LogP contribution in [-0.2, 0) is 0 Å². The van der Waals surface area contributed by atoms with Crippen LogP contribution in [0.3, 0.4) is 0 Å². The lowest BCUT2D eigenvalue weighted by atomic mass is 10.1. The van der Waals surface area contributed by atoms with Crippen LogP contribution in [0.25, 0.3) is 0 Å². The van der Waals surface area contributed by atoms with Crippen LogP contribution < -0.4 is 0 Å². The third-order valence-electron chi connectivity index (χ3n) is 1.58. The summed E-state index contributed by atoms with van der Waals surface area (Å²) in [4.78, 5) is 10.1. The van der Waals surface area contributed by atoms with E-state index in [1.165, 1.54) is 6.07 Å². The smallest absolute Gasteiger partial charge is 0.258 e. The van der Waals surface area contributed by atoms with Crippen LogP contribution >= 0.6 is 12.6 Å². The number of rotatable bonds is 2. The molecule has 1 unspecified atom stereocenters. The van der Waals surface area contributed by atoms with Crippen LogP contribution in [-0.4, -0.2) is 4.92 Å². The molecule has 1 aromatic rings. The number of hydrogen-bond acceptors (Lipinski definition) is 3. The van der Waals surface area contributed by atoms with Gasteiger partial charge in [0.25, 0.3) is 5.69 Å². The molecule has 0 aliphatic heterocycles. The van der Waals surface area contributed by atoms with Crippen molar-refractivity contribution in [3.8, 4) is 0 Å². The van der Waals surface area contributed by atoms with Crippen LogP contribution in [0, 0.1) is 10.1 Å². The maximum Gasteiger partial charge on any atom is 0.273 e. The highest BCUT2D eigenvalue weighted by atomic mass is 32.1. The molecular formula is C8H9NO2S. The van der Waals surface area contributed by atoms with Crippen molar-refractivity contribution in [2.45, 2.75) is 12.2 Å². The molecule has 4 heteroatoms. The van der Waals surface area contributed by atoms with E-state index in [-0.39, 0.29) is 15.9 Å². The Morgan fingerprint density at radius 3 is 2.50 bits per heavy atom. The van der Waals surface area contributed by atoms with E-state index in [0.717, 1.165) is 0 Å². The average molecular weight is 183 g/mol. The van der Waals surface area contributed by atoms with Gasteiger partial charge in [0.05, 0.1) is 4.92 Å². The zero-order chi connectivity index (χ0) is 9.14. The van der Waals surface area contributed by atoms with E-state index in [9.17, 15) is 10.1 Å². The maximum atomic E-state index is 10.5. The lowest BCUT2D eigenvalue weighted by Gasteiger charge is -2.03. The number of nitro groups is 1. The highest BCUT2D eigenvalue weighted by Crippen LogP contribution is 2.27. The van der Waals surface area contributed by atoms with E-state index >= 15 is 0 Å². The SMILES string of the molecule is CC(S)c1ccccc1[N+](=O)[O-]. The van der Waals surface area contributed by atoms with E-state index in [4.69, 9.17) is 0 Å². The van der Waals surface area contributed by atoms with Gasteiger partial charge >= 0.3 is 0 Å². The highest BCUT2D eigenvalue weighted by Gasteiger charge is 2.14. The number of hydrogen-bond donors (Lipinski definition) is 1. The first-order valence-corrected chi connectivity index (χ1v) is 4.06. The van der Waals surface area contributed by atoms with Crippen molar-refractivity contribution in [1.82, 2.24) is 0 Å². The first-order valence-electron chi connectivity index (χ1n) is 3.54. The lowest BCUT2D eigenvalue weighted by molar-refractivity contribution is -0.385. The molecule has 0 amide bonds. The second-order valence-corrected chi connectivity index (χ2v) is 3.27. The summed E-state index contributed by atoms with van der Waals surface area (Å²) in [5, 5.41) is 10.4. The zero-order valence-electron chi connectivity index (χ0n) is 6.60. The number of nitro benzene ring substituents is 1. The van der Waals surface area contributed by atoms with Gasteiger partial charge in [0.2, 0.25) is 0 Å². The topological polar surface area (TPSA) is 43.1 Å². The van der Waals surface area contributed by atoms with Crippen molar-refractivity contribution >= 4 is 18.3 Å². The monoisotopic (exact) mass is 183 g/mol. The van der Waals surface area contributed by atoms with Crippen molar-refractivity contribution in [3.63, 3.8) is 0 Å². The fourth-order valence-electron chi connectivity index (χ4n) is 1.01. The summed E-state index contributed by atoms with van der Waals surface area (Å²) >= 11 is 4.15. The Balaban J connectivity index is 3.17. The predicted octanol–water partition coefficient (Wildman–Crippen LogP) is 2.59. The third kappa shape index (κ3) is 1.76. The minimum atomic E-state index is -0.387. The second kappa shape index (κ2) is 3.58. The summed E-state index contributed by atoms with van der Waals surface area (Å²) in [7, 11) is 0. The second-order valence-electron chi connectivity index (χ2n) is 2.49. The third-order valence-corrected chi connectivity index (χ3v) is 1.86. The molecule has 0 aromatic heterocycles. The Kier molecular flexibility index (Phi) is 2.70. The Morgan fingerprint density at radius 2 is 2.08 bits per heavy atom. The Labute approximate surface area is 76.0 Å². The van der Waals surface area contributed by atoms with Crippen LogP contribution in [0.15, 0.2) is 24.3 Å². The Bertz CT molecular complexity index is 299. The van der Waals surface area contributed by atoms with Gasteiger partial charge in [0.15, 0.2) is 0 Å². The molecule has 0 bridgehead atoms. The van der Waals surface area contributed by atoms with Crippen molar-refractivity contribution in [1.29, 1.82) is 0 Å². The minimum absolute atomic E-state index is 0.105. The van der Waals surface area contributed by atoms with Crippen molar-refractivity contribution < 1.29 is 4.92 Å². The molecule has 1 aromatic carbocycles. The van der Waals surface area contributed by atoms with Crippen molar-refractivity contribution in [3.05, 3.63) is 39.9 Å². The first kappa shape index (κ1) is 9.06. The van der Waals surface area contributed by atoms with Crippen LogP contribution in [0.1, 0.15) is 17.7 Å². The summed E-state index contributed by atoms with van der Waals surface area (Å²) in [5.41, 5.74) is 0.797. The molecule has 3 nitrogen and oxygen atoms in total. The summed E-state index contributed by atoms with van der Waals surface area (Å²) in [6, 6.07) is 6.63. The van der Waals surface area contributed by atoms with Crippen LogP contribution in [0.2, 0.25) is 0 Å². The van der Waals surface area contributed by atoms with Gasteiger partial charge < -0.3 is 0 Å². The first-order chi connectivity index (χ1) is 5.63.